The average molecular weight is 535 g/mol. The van der Waals surface area contributed by atoms with Crippen molar-refractivity contribution in [3.8, 4) is 5.88 Å². The number of ether oxygens (including phenoxy) is 2. The quantitative estimate of drug-likeness (QED) is 0.0650. The first kappa shape index (κ1) is 31.4. The van der Waals surface area contributed by atoms with Crippen molar-refractivity contribution in [2.24, 2.45) is 7.05 Å². The van der Waals surface area contributed by atoms with Crippen molar-refractivity contribution in [3.63, 3.8) is 0 Å². The predicted octanol–water partition coefficient (Wildman–Crippen LogP) is 8.29. The normalized spacial score (nSPS) is 11.4. The van der Waals surface area contributed by atoms with Crippen molar-refractivity contribution in [2.45, 2.75) is 128 Å². The zero-order valence-corrected chi connectivity index (χ0v) is 24.7. The van der Waals surface area contributed by atoms with Crippen LogP contribution in [0.1, 0.15) is 133 Å². The van der Waals surface area contributed by atoms with Gasteiger partial charge in [0.15, 0.2) is 16.4 Å². The topological polar surface area (TPSA) is 79.1 Å². The fraction of sp³-hybridized carbons (Fsp3) is 0.793. The first-order valence-corrected chi connectivity index (χ1v) is 15.9. The van der Waals surface area contributed by atoms with E-state index in [-0.39, 0.29) is 12.3 Å². The minimum Gasteiger partial charge on any atom is -0.476 e. The highest BCUT2D eigenvalue weighted by Crippen LogP contribution is 2.28. The average Bonchev–Trinajstić information content (AvgIpc) is 3.22. The zero-order valence-electron chi connectivity index (χ0n) is 23.9. The summed E-state index contributed by atoms with van der Waals surface area (Å²) < 4.78 is 12.9. The van der Waals surface area contributed by atoms with Gasteiger partial charge in [-0.15, -0.1) is 0 Å². The van der Waals surface area contributed by atoms with E-state index >= 15 is 0 Å². The molecule has 0 aliphatic carbocycles. The highest BCUT2D eigenvalue weighted by Gasteiger charge is 2.23. The number of unbranched alkanes of at least 4 members (excludes halogenated alkanes) is 16. The van der Waals surface area contributed by atoms with Crippen LogP contribution in [0.4, 0.5) is 0 Å². The molecule has 0 unspecified atom stereocenters. The number of rotatable bonds is 22. The smallest absolute Gasteiger partial charge is 0.359 e. The lowest BCUT2D eigenvalue weighted by Gasteiger charge is -2.07. The molecule has 2 aromatic rings. The van der Waals surface area contributed by atoms with Crippen LogP contribution in [0.2, 0.25) is 0 Å². The van der Waals surface area contributed by atoms with Gasteiger partial charge in [-0.1, -0.05) is 121 Å². The molecule has 0 spiro atoms. The van der Waals surface area contributed by atoms with Gasteiger partial charge in [0.25, 0.3) is 0 Å². The van der Waals surface area contributed by atoms with E-state index in [2.05, 4.69) is 22.0 Å². The molecule has 0 fully saturated rings. The second-order valence-electron chi connectivity index (χ2n) is 9.91. The lowest BCUT2D eigenvalue weighted by molar-refractivity contribution is 0.0520. The van der Waals surface area contributed by atoms with Crippen LogP contribution < -0.4 is 4.74 Å². The van der Waals surface area contributed by atoms with E-state index in [4.69, 9.17) is 9.47 Å². The van der Waals surface area contributed by atoms with E-state index < -0.39 is 5.97 Å². The Labute approximate surface area is 228 Å². The third-order valence-electron chi connectivity index (χ3n) is 6.75. The number of carbonyl (C=O) groups is 1. The third-order valence-corrected chi connectivity index (χ3v) is 7.30. The number of thioether (sulfide) groups is 1. The van der Waals surface area contributed by atoms with Crippen LogP contribution in [-0.4, -0.2) is 45.2 Å². The Bertz CT molecular complexity index is 903. The zero-order chi connectivity index (χ0) is 26.7. The molecule has 0 N–H and O–H groups in total. The van der Waals surface area contributed by atoms with E-state index in [1.54, 1.807) is 18.7 Å². The molecule has 0 radical (unpaired) electrons. The summed E-state index contributed by atoms with van der Waals surface area (Å²) in [6.07, 6.45) is 24.9. The number of carbonyl (C=O) groups excluding carboxylic acids is 1. The lowest BCUT2D eigenvalue weighted by atomic mass is 10.0. The van der Waals surface area contributed by atoms with E-state index in [9.17, 15) is 4.79 Å². The molecule has 0 saturated heterocycles. The summed E-state index contributed by atoms with van der Waals surface area (Å²) in [4.78, 5) is 21.2. The molecule has 2 heterocycles. The van der Waals surface area contributed by atoms with Crippen LogP contribution in [0.15, 0.2) is 5.16 Å². The van der Waals surface area contributed by atoms with E-state index in [0.29, 0.717) is 28.7 Å². The molecule has 0 atom stereocenters. The van der Waals surface area contributed by atoms with Gasteiger partial charge in [-0.2, -0.15) is 5.10 Å². The number of hydrogen-bond acceptors (Lipinski definition) is 7. The lowest BCUT2D eigenvalue weighted by Crippen LogP contribution is -2.09. The van der Waals surface area contributed by atoms with Crippen molar-refractivity contribution in [1.29, 1.82) is 0 Å². The minimum absolute atomic E-state index is 0.194. The van der Waals surface area contributed by atoms with Gasteiger partial charge in [0, 0.05) is 7.05 Å². The first-order valence-electron chi connectivity index (χ1n) is 14.7. The van der Waals surface area contributed by atoms with Crippen molar-refractivity contribution >= 4 is 28.8 Å². The van der Waals surface area contributed by atoms with Gasteiger partial charge >= 0.3 is 5.97 Å². The SMILES string of the molecule is CCCCCCCCCCCCCCCCCCCOc1c2nc(SC)nc(C(=O)OCC)c2nn1C. The summed E-state index contributed by atoms with van der Waals surface area (Å²) in [6.45, 7) is 4.96. The highest BCUT2D eigenvalue weighted by atomic mass is 32.2. The molecule has 0 aliphatic rings. The second-order valence-corrected chi connectivity index (χ2v) is 10.7. The number of esters is 1. The number of aryl methyl sites for hydroxylation is 1. The van der Waals surface area contributed by atoms with Crippen LogP contribution >= 0.6 is 11.8 Å². The van der Waals surface area contributed by atoms with Crippen molar-refractivity contribution in [3.05, 3.63) is 5.69 Å². The maximum absolute atomic E-state index is 12.4. The molecule has 0 aliphatic heterocycles. The fourth-order valence-corrected chi connectivity index (χ4v) is 4.98. The Balaban J connectivity index is 1.56. The van der Waals surface area contributed by atoms with Crippen molar-refractivity contribution in [2.75, 3.05) is 19.5 Å². The molecule has 37 heavy (non-hydrogen) atoms. The maximum atomic E-state index is 12.4. The summed E-state index contributed by atoms with van der Waals surface area (Å²) in [5.74, 6) is 0.0951. The molecular formula is C29H50N4O3S. The van der Waals surface area contributed by atoms with Gasteiger partial charge < -0.3 is 9.47 Å². The fourth-order valence-electron chi connectivity index (χ4n) is 4.62. The maximum Gasteiger partial charge on any atom is 0.359 e. The van der Waals surface area contributed by atoms with Crippen molar-refractivity contribution in [1.82, 2.24) is 19.7 Å². The molecule has 0 amide bonds. The molecule has 0 aromatic carbocycles. The first-order chi connectivity index (χ1) is 18.1. The van der Waals surface area contributed by atoms with Crippen LogP contribution in [0.5, 0.6) is 5.88 Å². The summed E-state index contributed by atoms with van der Waals surface area (Å²) in [6, 6.07) is 0. The molecule has 0 saturated carbocycles. The second kappa shape index (κ2) is 19.3. The van der Waals surface area contributed by atoms with Crippen LogP contribution in [-0.2, 0) is 11.8 Å². The Morgan fingerprint density at radius 1 is 0.757 bits per heavy atom. The van der Waals surface area contributed by atoms with Gasteiger partial charge in [-0.05, 0) is 19.6 Å². The highest BCUT2D eigenvalue weighted by molar-refractivity contribution is 7.98. The Hall–Kier alpha value is -1.83. The van der Waals surface area contributed by atoms with Gasteiger partial charge in [0.05, 0.1) is 13.2 Å². The summed E-state index contributed by atoms with van der Waals surface area (Å²) in [7, 11) is 1.80. The predicted molar refractivity (Wildman–Crippen MR) is 154 cm³/mol. The molecule has 2 aromatic heterocycles. The molecule has 2 rings (SSSR count). The van der Waals surface area contributed by atoms with Gasteiger partial charge in [-0.25, -0.2) is 19.4 Å². The van der Waals surface area contributed by atoms with Gasteiger partial charge in [0.1, 0.15) is 5.52 Å². The Morgan fingerprint density at radius 2 is 1.27 bits per heavy atom. The van der Waals surface area contributed by atoms with Crippen LogP contribution in [0, 0.1) is 0 Å². The third kappa shape index (κ3) is 11.6. The number of fused-ring (bicyclic) bond motifs is 1. The van der Waals surface area contributed by atoms with Crippen LogP contribution in [0.3, 0.4) is 0 Å². The van der Waals surface area contributed by atoms with Gasteiger partial charge in [-0.3, -0.25) is 0 Å². The van der Waals surface area contributed by atoms with Gasteiger partial charge in [0.2, 0.25) is 5.88 Å². The van der Waals surface area contributed by atoms with E-state index in [1.807, 2.05) is 6.26 Å². The van der Waals surface area contributed by atoms with E-state index in [0.717, 1.165) is 12.8 Å². The Morgan fingerprint density at radius 3 is 1.76 bits per heavy atom. The van der Waals surface area contributed by atoms with E-state index in [1.165, 1.54) is 108 Å². The largest absolute Gasteiger partial charge is 0.476 e. The molecule has 210 valence electrons. The molecular weight excluding hydrogens is 484 g/mol. The number of hydrogen-bond donors (Lipinski definition) is 0. The summed E-state index contributed by atoms with van der Waals surface area (Å²) in [5, 5.41) is 4.95. The molecule has 7 nitrogen and oxygen atoms in total. The number of aromatic nitrogens is 4. The summed E-state index contributed by atoms with van der Waals surface area (Å²) >= 11 is 1.38. The molecule has 0 bridgehead atoms. The minimum atomic E-state index is -0.483. The monoisotopic (exact) mass is 534 g/mol. The molecule has 8 heteroatoms. The summed E-state index contributed by atoms with van der Waals surface area (Å²) in [5.41, 5.74) is 1.19. The van der Waals surface area contributed by atoms with Crippen molar-refractivity contribution < 1.29 is 14.3 Å². The van der Waals surface area contributed by atoms with Crippen LogP contribution in [0.25, 0.3) is 11.0 Å². The standard InChI is InChI=1S/C29H50N4O3S/c1-5-7-8-9-10-11-12-13-14-15-16-17-18-19-20-21-22-23-36-27-25-24(32-33(27)3)26(28(34)35-6-2)31-29(30-25)37-4/h5-23H2,1-4H3. The Kier molecular flexibility index (Phi) is 16.3. The number of nitrogens with zero attached hydrogens (tertiary/aromatic N) is 4.